The number of aromatic nitrogens is 2. The van der Waals surface area contributed by atoms with Gasteiger partial charge in [-0.25, -0.2) is 0 Å². The molecule has 1 saturated heterocycles. The van der Waals surface area contributed by atoms with E-state index in [0.29, 0.717) is 11.7 Å². The van der Waals surface area contributed by atoms with Crippen LogP contribution in [-0.2, 0) is 4.74 Å². The van der Waals surface area contributed by atoms with Gasteiger partial charge in [-0.2, -0.15) is 4.98 Å². The summed E-state index contributed by atoms with van der Waals surface area (Å²) in [7, 11) is 0. The summed E-state index contributed by atoms with van der Waals surface area (Å²) in [4.78, 5) is 4.33. The lowest BCUT2D eigenvalue weighted by Crippen LogP contribution is -2.26. The summed E-state index contributed by atoms with van der Waals surface area (Å²) in [6.07, 6.45) is 4.46. The zero-order chi connectivity index (χ0) is 10.3. The van der Waals surface area contributed by atoms with Crippen LogP contribution in [0.15, 0.2) is 4.52 Å². The fourth-order valence-corrected chi connectivity index (χ4v) is 1.93. The second kappa shape index (κ2) is 3.57. The van der Waals surface area contributed by atoms with Gasteiger partial charge in [-0.05, 0) is 25.7 Å². The van der Waals surface area contributed by atoms with Crippen molar-refractivity contribution in [3.63, 3.8) is 0 Å². The van der Waals surface area contributed by atoms with Crippen molar-refractivity contribution in [2.45, 2.75) is 43.7 Å². The van der Waals surface area contributed by atoms with Crippen LogP contribution in [0.5, 0.6) is 0 Å². The highest BCUT2D eigenvalue weighted by Crippen LogP contribution is 2.39. The predicted molar refractivity (Wildman–Crippen MR) is 52.2 cm³/mol. The van der Waals surface area contributed by atoms with Gasteiger partial charge in [-0.3, -0.25) is 0 Å². The van der Waals surface area contributed by atoms with Crippen molar-refractivity contribution in [1.82, 2.24) is 10.1 Å². The van der Waals surface area contributed by atoms with E-state index in [0.717, 1.165) is 38.2 Å². The Bertz CT molecular complexity index is 342. The van der Waals surface area contributed by atoms with Crippen molar-refractivity contribution in [3.05, 3.63) is 11.7 Å². The highest BCUT2D eigenvalue weighted by Gasteiger charge is 2.32. The second-order valence-electron chi connectivity index (χ2n) is 4.34. The van der Waals surface area contributed by atoms with Gasteiger partial charge in [0, 0.05) is 12.5 Å². The summed E-state index contributed by atoms with van der Waals surface area (Å²) in [5.74, 6) is 1.84. The lowest BCUT2D eigenvalue weighted by Gasteiger charge is -2.13. The Morgan fingerprint density at radius 3 is 2.87 bits per heavy atom. The maximum atomic E-state index is 6.02. The third-order valence-corrected chi connectivity index (χ3v) is 3.05. The smallest absolute Gasteiger partial charge is 0.229 e. The van der Waals surface area contributed by atoms with Gasteiger partial charge in [0.2, 0.25) is 5.89 Å². The first-order valence-electron chi connectivity index (χ1n) is 5.55. The van der Waals surface area contributed by atoms with Gasteiger partial charge in [-0.15, -0.1) is 0 Å². The van der Waals surface area contributed by atoms with Crippen molar-refractivity contribution >= 4 is 0 Å². The van der Waals surface area contributed by atoms with Crippen molar-refractivity contribution in [2.75, 3.05) is 6.61 Å². The molecule has 2 heterocycles. The molecule has 1 aliphatic heterocycles. The molecule has 0 amide bonds. The fraction of sp³-hybridized carbons (Fsp3) is 0.800. The number of ether oxygens (including phenoxy) is 1. The van der Waals surface area contributed by atoms with Crippen LogP contribution in [0.2, 0.25) is 0 Å². The lowest BCUT2D eigenvalue weighted by atomic mass is 10.1. The molecule has 2 N–H and O–H groups in total. The van der Waals surface area contributed by atoms with Crippen LogP contribution in [-0.4, -0.2) is 22.9 Å². The minimum absolute atomic E-state index is 0.0645. The predicted octanol–water partition coefficient (Wildman–Crippen LogP) is 1.13. The molecule has 0 unspecified atom stereocenters. The van der Waals surface area contributed by atoms with Crippen molar-refractivity contribution in [2.24, 2.45) is 5.73 Å². The molecule has 1 saturated carbocycles. The Labute approximate surface area is 88.0 Å². The van der Waals surface area contributed by atoms with E-state index in [2.05, 4.69) is 10.1 Å². The van der Waals surface area contributed by atoms with Crippen LogP contribution in [0, 0.1) is 0 Å². The first-order valence-corrected chi connectivity index (χ1v) is 5.55. The fourth-order valence-electron chi connectivity index (χ4n) is 1.93. The van der Waals surface area contributed by atoms with Gasteiger partial charge < -0.3 is 15.0 Å². The Hall–Kier alpha value is -0.940. The summed E-state index contributed by atoms with van der Waals surface area (Å²) < 4.78 is 10.7. The van der Waals surface area contributed by atoms with E-state index in [1.165, 1.54) is 0 Å². The molecule has 1 aromatic rings. The Balaban J connectivity index is 1.72. The molecule has 2 fully saturated rings. The number of hydrogen-bond acceptors (Lipinski definition) is 5. The highest BCUT2D eigenvalue weighted by molar-refractivity contribution is 5.04. The largest absolute Gasteiger partial charge is 0.376 e. The van der Waals surface area contributed by atoms with Gasteiger partial charge in [0.1, 0.15) is 0 Å². The standard InChI is InChI=1S/C10H15N3O2/c11-8(7-2-1-5-14-7)9-12-10(15-13-9)6-3-4-6/h6-8H,1-5,11H2/t7-,8+/m0/s1. The second-order valence-corrected chi connectivity index (χ2v) is 4.34. The van der Waals surface area contributed by atoms with Gasteiger partial charge in [0.05, 0.1) is 12.1 Å². The van der Waals surface area contributed by atoms with E-state index in [4.69, 9.17) is 15.0 Å². The molecule has 5 heteroatoms. The Morgan fingerprint density at radius 1 is 1.33 bits per heavy atom. The molecule has 15 heavy (non-hydrogen) atoms. The minimum atomic E-state index is -0.233. The number of nitrogens with zero attached hydrogens (tertiary/aromatic N) is 2. The molecule has 3 rings (SSSR count). The highest BCUT2D eigenvalue weighted by atomic mass is 16.5. The molecular weight excluding hydrogens is 194 g/mol. The van der Waals surface area contributed by atoms with Crippen LogP contribution in [0.25, 0.3) is 0 Å². The van der Waals surface area contributed by atoms with E-state index >= 15 is 0 Å². The Morgan fingerprint density at radius 2 is 2.20 bits per heavy atom. The van der Waals surface area contributed by atoms with Gasteiger partial charge >= 0.3 is 0 Å². The van der Waals surface area contributed by atoms with Gasteiger partial charge in [0.25, 0.3) is 0 Å². The van der Waals surface area contributed by atoms with Crippen molar-refractivity contribution in [1.29, 1.82) is 0 Å². The summed E-state index contributed by atoms with van der Waals surface area (Å²) in [6.45, 7) is 0.797. The summed E-state index contributed by atoms with van der Waals surface area (Å²) in [6, 6.07) is -0.233. The molecule has 2 atom stereocenters. The molecule has 0 radical (unpaired) electrons. The van der Waals surface area contributed by atoms with E-state index in [9.17, 15) is 0 Å². The molecule has 1 aliphatic carbocycles. The molecule has 82 valence electrons. The monoisotopic (exact) mass is 209 g/mol. The van der Waals surface area contributed by atoms with E-state index in [1.807, 2.05) is 0 Å². The van der Waals surface area contributed by atoms with Gasteiger partial charge in [-0.1, -0.05) is 5.16 Å². The van der Waals surface area contributed by atoms with Gasteiger partial charge in [0.15, 0.2) is 5.82 Å². The number of hydrogen-bond donors (Lipinski definition) is 1. The van der Waals surface area contributed by atoms with Crippen LogP contribution >= 0.6 is 0 Å². The molecule has 2 aliphatic rings. The van der Waals surface area contributed by atoms with E-state index in [-0.39, 0.29) is 12.1 Å². The summed E-state index contributed by atoms with van der Waals surface area (Å²) in [5.41, 5.74) is 6.02. The maximum absolute atomic E-state index is 6.02. The molecule has 0 bridgehead atoms. The number of rotatable bonds is 3. The normalized spacial score (nSPS) is 28.2. The molecular formula is C10H15N3O2. The first kappa shape index (κ1) is 9.30. The average molecular weight is 209 g/mol. The first-order chi connectivity index (χ1) is 7.34. The number of nitrogens with two attached hydrogens (primary N) is 1. The summed E-state index contributed by atoms with van der Waals surface area (Å²) >= 11 is 0. The Kier molecular flexibility index (Phi) is 2.21. The van der Waals surface area contributed by atoms with E-state index in [1.54, 1.807) is 0 Å². The third-order valence-electron chi connectivity index (χ3n) is 3.05. The van der Waals surface area contributed by atoms with Crippen LogP contribution in [0.1, 0.15) is 49.4 Å². The molecule has 5 nitrogen and oxygen atoms in total. The zero-order valence-corrected chi connectivity index (χ0v) is 8.56. The molecule has 0 aromatic carbocycles. The minimum Gasteiger partial charge on any atom is -0.376 e. The van der Waals surface area contributed by atoms with Crippen LogP contribution in [0.4, 0.5) is 0 Å². The SMILES string of the molecule is N[C@@H](c1noc(C2CC2)n1)[C@@H]1CCCO1. The van der Waals surface area contributed by atoms with Crippen LogP contribution < -0.4 is 5.73 Å². The topological polar surface area (TPSA) is 74.2 Å². The average Bonchev–Trinajstić information content (AvgIpc) is 2.83. The molecule has 0 spiro atoms. The van der Waals surface area contributed by atoms with Crippen molar-refractivity contribution < 1.29 is 9.26 Å². The lowest BCUT2D eigenvalue weighted by molar-refractivity contribution is 0.0870. The third kappa shape index (κ3) is 1.77. The quantitative estimate of drug-likeness (QED) is 0.807. The zero-order valence-electron chi connectivity index (χ0n) is 8.56. The molecule has 1 aromatic heterocycles. The van der Waals surface area contributed by atoms with E-state index < -0.39 is 0 Å². The summed E-state index contributed by atoms with van der Waals surface area (Å²) in [5, 5.41) is 3.93. The maximum Gasteiger partial charge on any atom is 0.229 e. The van der Waals surface area contributed by atoms with Crippen LogP contribution in [0.3, 0.4) is 0 Å². The van der Waals surface area contributed by atoms with Crippen molar-refractivity contribution in [3.8, 4) is 0 Å².